The number of nitro groups is 2. The zero-order chi connectivity index (χ0) is 24.1. The van der Waals surface area contributed by atoms with Gasteiger partial charge in [-0.05, 0) is 23.8 Å². The molecule has 0 atom stereocenters. The number of anilines is 2. The van der Waals surface area contributed by atoms with Crippen molar-refractivity contribution >= 4 is 34.7 Å². The molecule has 0 radical (unpaired) electrons. The second-order valence-electron chi connectivity index (χ2n) is 8.03. The lowest BCUT2D eigenvalue weighted by Crippen LogP contribution is -2.48. The first kappa shape index (κ1) is 23.2. The lowest BCUT2D eigenvalue weighted by Gasteiger charge is -2.36. The Hall–Kier alpha value is -3.99. The topological polar surface area (TPSA) is 122 Å². The van der Waals surface area contributed by atoms with Crippen molar-refractivity contribution in [2.24, 2.45) is 0 Å². The van der Waals surface area contributed by atoms with Gasteiger partial charge in [-0.2, -0.15) is 0 Å². The Kier molecular flexibility index (Phi) is 7.02. The molecule has 0 saturated carbocycles. The van der Waals surface area contributed by atoms with E-state index in [-0.39, 0.29) is 22.2 Å². The second-order valence-corrected chi connectivity index (χ2v) is 8.03. The molecule has 0 spiro atoms. The van der Waals surface area contributed by atoms with Gasteiger partial charge >= 0.3 is 0 Å². The Morgan fingerprint density at radius 1 is 0.882 bits per heavy atom. The molecule has 2 saturated heterocycles. The third kappa shape index (κ3) is 5.31. The van der Waals surface area contributed by atoms with E-state index in [0.29, 0.717) is 63.7 Å². The normalized spacial score (nSPS) is 16.6. The van der Waals surface area contributed by atoms with Gasteiger partial charge in [-0.3, -0.25) is 25.0 Å². The minimum atomic E-state index is -0.471. The van der Waals surface area contributed by atoms with Crippen LogP contribution in [0.15, 0.2) is 48.5 Å². The van der Waals surface area contributed by atoms with E-state index in [9.17, 15) is 25.0 Å². The number of ether oxygens (including phenoxy) is 1. The Morgan fingerprint density at radius 2 is 1.62 bits per heavy atom. The number of nitrogens with zero attached hydrogens (tertiary/aromatic N) is 5. The van der Waals surface area contributed by atoms with Crippen molar-refractivity contribution in [2.45, 2.75) is 0 Å². The summed E-state index contributed by atoms with van der Waals surface area (Å²) in [5.41, 5.74) is 2.10. The van der Waals surface area contributed by atoms with Crippen LogP contribution in [-0.4, -0.2) is 73.1 Å². The Balaban J connectivity index is 1.40. The van der Waals surface area contributed by atoms with Crippen molar-refractivity contribution in [1.82, 2.24) is 4.90 Å². The highest BCUT2D eigenvalue weighted by Crippen LogP contribution is 2.33. The van der Waals surface area contributed by atoms with Crippen LogP contribution in [0.25, 0.3) is 6.08 Å². The van der Waals surface area contributed by atoms with Gasteiger partial charge in [0.05, 0.1) is 23.1 Å². The fraction of sp³-hybridized carbons (Fsp3) is 0.348. The van der Waals surface area contributed by atoms with Crippen LogP contribution < -0.4 is 9.80 Å². The van der Waals surface area contributed by atoms with Gasteiger partial charge in [0, 0.05) is 69.2 Å². The molecule has 2 aromatic rings. The van der Waals surface area contributed by atoms with Gasteiger partial charge in [0.15, 0.2) is 0 Å². The highest BCUT2D eigenvalue weighted by molar-refractivity contribution is 5.92. The largest absolute Gasteiger partial charge is 0.378 e. The Morgan fingerprint density at radius 3 is 2.29 bits per heavy atom. The standard InChI is InChI=1S/C23H25N5O6/c29-23(7-4-18-2-1-3-20(16-18)27(30)31)26-10-8-24(9-11-26)19-5-6-21(28(32)33)22(17-19)25-12-14-34-15-13-25/h1-7,16-17H,8-15H2/b7-4+. The zero-order valence-electron chi connectivity index (χ0n) is 18.5. The van der Waals surface area contributed by atoms with Crippen LogP contribution >= 0.6 is 0 Å². The second kappa shape index (κ2) is 10.3. The van der Waals surface area contributed by atoms with Crippen LogP contribution in [-0.2, 0) is 9.53 Å². The first-order valence-electron chi connectivity index (χ1n) is 11.0. The van der Waals surface area contributed by atoms with E-state index in [1.165, 1.54) is 18.2 Å². The van der Waals surface area contributed by atoms with Crippen LogP contribution in [0.3, 0.4) is 0 Å². The molecule has 2 heterocycles. The van der Waals surface area contributed by atoms with E-state index in [1.54, 1.807) is 35.2 Å². The molecule has 2 aliphatic heterocycles. The van der Waals surface area contributed by atoms with Gasteiger partial charge in [-0.25, -0.2) is 0 Å². The summed E-state index contributed by atoms with van der Waals surface area (Å²) in [6.45, 7) is 4.46. The van der Waals surface area contributed by atoms with E-state index in [4.69, 9.17) is 4.74 Å². The predicted octanol–water partition coefficient (Wildman–Crippen LogP) is 2.70. The molecule has 2 aliphatic rings. The smallest absolute Gasteiger partial charge is 0.292 e. The monoisotopic (exact) mass is 467 g/mol. The van der Waals surface area contributed by atoms with Crippen molar-refractivity contribution in [2.75, 3.05) is 62.3 Å². The van der Waals surface area contributed by atoms with Crippen LogP contribution in [0, 0.1) is 20.2 Å². The van der Waals surface area contributed by atoms with Gasteiger partial charge in [-0.15, -0.1) is 0 Å². The van der Waals surface area contributed by atoms with Gasteiger partial charge in [0.1, 0.15) is 5.69 Å². The van der Waals surface area contributed by atoms with Crippen molar-refractivity contribution in [3.8, 4) is 0 Å². The number of benzene rings is 2. The number of carbonyl (C=O) groups excluding carboxylic acids is 1. The van der Waals surface area contributed by atoms with Gasteiger partial charge < -0.3 is 19.4 Å². The average molecular weight is 467 g/mol. The maximum absolute atomic E-state index is 12.6. The lowest BCUT2D eigenvalue weighted by molar-refractivity contribution is -0.384. The third-order valence-electron chi connectivity index (χ3n) is 5.96. The molecule has 11 nitrogen and oxygen atoms in total. The van der Waals surface area contributed by atoms with Gasteiger partial charge in [0.2, 0.25) is 5.91 Å². The van der Waals surface area contributed by atoms with Crippen molar-refractivity contribution in [1.29, 1.82) is 0 Å². The molecule has 0 N–H and O–H groups in total. The minimum Gasteiger partial charge on any atom is -0.378 e. The number of carbonyl (C=O) groups is 1. The Labute approximate surface area is 196 Å². The summed E-state index contributed by atoms with van der Waals surface area (Å²) in [4.78, 5) is 40.0. The summed E-state index contributed by atoms with van der Waals surface area (Å²) in [6, 6.07) is 11.2. The first-order valence-corrected chi connectivity index (χ1v) is 11.0. The number of piperazine rings is 1. The molecular formula is C23H25N5O6. The summed E-state index contributed by atoms with van der Waals surface area (Å²) >= 11 is 0. The van der Waals surface area contributed by atoms with Gasteiger partial charge in [0.25, 0.3) is 11.4 Å². The van der Waals surface area contributed by atoms with E-state index in [2.05, 4.69) is 4.90 Å². The summed E-state index contributed by atoms with van der Waals surface area (Å²) in [6.07, 6.45) is 3.00. The van der Waals surface area contributed by atoms with Crippen LogP contribution in [0.2, 0.25) is 0 Å². The summed E-state index contributed by atoms with van der Waals surface area (Å²) in [5, 5.41) is 22.4. The molecule has 1 amide bonds. The maximum atomic E-state index is 12.6. The molecule has 4 rings (SSSR count). The summed E-state index contributed by atoms with van der Waals surface area (Å²) < 4.78 is 5.37. The summed E-state index contributed by atoms with van der Waals surface area (Å²) in [7, 11) is 0. The molecular weight excluding hydrogens is 442 g/mol. The number of nitro benzene ring substituents is 2. The number of non-ortho nitro benzene ring substituents is 1. The zero-order valence-corrected chi connectivity index (χ0v) is 18.5. The van der Waals surface area contributed by atoms with Crippen molar-refractivity contribution in [3.05, 3.63) is 74.3 Å². The molecule has 178 valence electrons. The van der Waals surface area contributed by atoms with Gasteiger partial charge in [-0.1, -0.05) is 12.1 Å². The first-order chi connectivity index (χ1) is 16.4. The average Bonchev–Trinajstić information content (AvgIpc) is 2.87. The number of hydrogen-bond donors (Lipinski definition) is 0. The van der Waals surface area contributed by atoms with Crippen LogP contribution in [0.1, 0.15) is 5.56 Å². The van der Waals surface area contributed by atoms with E-state index >= 15 is 0 Å². The highest BCUT2D eigenvalue weighted by atomic mass is 16.6. The molecule has 0 unspecified atom stereocenters. The van der Waals surface area contributed by atoms with Crippen LogP contribution in [0.5, 0.6) is 0 Å². The highest BCUT2D eigenvalue weighted by Gasteiger charge is 2.25. The molecule has 11 heteroatoms. The summed E-state index contributed by atoms with van der Waals surface area (Å²) in [5.74, 6) is -0.163. The number of amides is 1. The molecule has 2 fully saturated rings. The fourth-order valence-electron chi connectivity index (χ4n) is 4.12. The number of morpholine rings is 1. The molecule has 0 aromatic heterocycles. The van der Waals surface area contributed by atoms with Crippen molar-refractivity contribution < 1.29 is 19.4 Å². The Bertz CT molecular complexity index is 1110. The third-order valence-corrected chi connectivity index (χ3v) is 5.96. The maximum Gasteiger partial charge on any atom is 0.292 e. The quantitative estimate of drug-likeness (QED) is 0.361. The molecule has 0 bridgehead atoms. The fourth-order valence-corrected chi connectivity index (χ4v) is 4.12. The van der Waals surface area contributed by atoms with Crippen molar-refractivity contribution in [3.63, 3.8) is 0 Å². The number of rotatable bonds is 6. The molecule has 34 heavy (non-hydrogen) atoms. The number of hydrogen-bond acceptors (Lipinski definition) is 8. The SMILES string of the molecule is O=C(/C=C/c1cccc([N+](=O)[O-])c1)N1CCN(c2ccc([N+](=O)[O-])c(N3CCOCC3)c2)CC1. The molecule has 2 aromatic carbocycles. The van der Waals surface area contributed by atoms with Crippen LogP contribution in [0.4, 0.5) is 22.7 Å². The minimum absolute atomic E-state index is 0.0252. The lowest BCUT2D eigenvalue weighted by atomic mass is 10.1. The van der Waals surface area contributed by atoms with E-state index in [1.807, 2.05) is 11.0 Å². The predicted molar refractivity (Wildman–Crippen MR) is 127 cm³/mol. The van der Waals surface area contributed by atoms with E-state index < -0.39 is 4.92 Å². The van der Waals surface area contributed by atoms with E-state index in [0.717, 1.165) is 5.69 Å². The molecule has 0 aliphatic carbocycles.